The highest BCUT2D eigenvalue weighted by atomic mass is 16.5. The monoisotopic (exact) mass is 375 g/mol. The summed E-state index contributed by atoms with van der Waals surface area (Å²) in [7, 11) is 0. The molecule has 0 aliphatic carbocycles. The van der Waals surface area contributed by atoms with Crippen molar-refractivity contribution in [2.75, 3.05) is 37.7 Å². The van der Waals surface area contributed by atoms with E-state index in [4.69, 9.17) is 4.74 Å². The molecule has 6 heteroatoms. The number of piperidine rings is 1. The average molecular weight is 376 g/mol. The largest absolute Gasteiger partial charge is 0.494 e. The molecule has 0 radical (unpaired) electrons. The molecule has 6 nitrogen and oxygen atoms in total. The molecule has 1 atom stereocenters. The Hall–Kier alpha value is -1.92. The van der Waals surface area contributed by atoms with Crippen LogP contribution in [0.4, 0.5) is 5.69 Å². The summed E-state index contributed by atoms with van der Waals surface area (Å²) in [5, 5.41) is 2.06. The van der Waals surface area contributed by atoms with Crippen LogP contribution in [0.25, 0.3) is 0 Å². The minimum atomic E-state index is -0.281. The number of hydrogen-bond donors (Lipinski definition) is 2. The second-order valence-electron chi connectivity index (χ2n) is 7.93. The fourth-order valence-electron chi connectivity index (χ4n) is 3.93. The number of ether oxygens (including phenoxy) is 1. The number of nitrogens with one attached hydrogen (secondary N) is 1. The first-order chi connectivity index (χ1) is 13.1. The van der Waals surface area contributed by atoms with Crippen molar-refractivity contribution < 1.29 is 24.5 Å². The van der Waals surface area contributed by atoms with Crippen LogP contribution in [-0.4, -0.2) is 50.6 Å². The van der Waals surface area contributed by atoms with Crippen LogP contribution in [0.15, 0.2) is 24.3 Å². The number of amides is 2. The highest BCUT2D eigenvalue weighted by Gasteiger charge is 2.42. The number of carbonyl (C=O) groups excluding carboxylic acids is 2. The van der Waals surface area contributed by atoms with Crippen molar-refractivity contribution in [3.8, 4) is 5.75 Å². The second kappa shape index (κ2) is 9.33. The minimum Gasteiger partial charge on any atom is -0.494 e. The van der Waals surface area contributed by atoms with Gasteiger partial charge in [-0.1, -0.05) is 13.8 Å². The number of quaternary nitrogens is 2. The van der Waals surface area contributed by atoms with Gasteiger partial charge in [0.15, 0.2) is 6.04 Å². The first-order valence-electron chi connectivity index (χ1n) is 10.3. The normalized spacial score (nSPS) is 25.9. The summed E-state index contributed by atoms with van der Waals surface area (Å²) in [5.41, 5.74) is 0.639. The van der Waals surface area contributed by atoms with Gasteiger partial charge in [-0.2, -0.15) is 0 Å². The van der Waals surface area contributed by atoms with Crippen molar-refractivity contribution in [1.82, 2.24) is 0 Å². The van der Waals surface area contributed by atoms with Gasteiger partial charge in [0, 0.05) is 0 Å². The Morgan fingerprint density at radius 1 is 1.19 bits per heavy atom. The van der Waals surface area contributed by atoms with Crippen LogP contribution < -0.4 is 19.9 Å². The molecule has 2 saturated heterocycles. The average Bonchev–Trinajstić information content (AvgIpc) is 2.96. The molecule has 0 unspecified atom stereocenters. The molecule has 0 aromatic heterocycles. The molecule has 0 spiro atoms. The van der Waals surface area contributed by atoms with E-state index >= 15 is 0 Å². The molecular weight excluding hydrogens is 342 g/mol. The maximum Gasteiger partial charge on any atom is 0.292 e. The zero-order valence-electron chi connectivity index (χ0n) is 16.6. The summed E-state index contributed by atoms with van der Waals surface area (Å²) in [5.74, 6) is 1.41. The maximum absolute atomic E-state index is 12.7. The van der Waals surface area contributed by atoms with Crippen molar-refractivity contribution in [3.63, 3.8) is 0 Å². The molecule has 0 bridgehead atoms. The Morgan fingerprint density at radius 2 is 1.89 bits per heavy atom. The second-order valence-corrected chi connectivity index (χ2v) is 7.93. The van der Waals surface area contributed by atoms with Gasteiger partial charge in [0.2, 0.25) is 5.91 Å². The van der Waals surface area contributed by atoms with E-state index in [0.717, 1.165) is 31.2 Å². The number of likely N-dealkylation sites (tertiary alicyclic amines) is 1. The van der Waals surface area contributed by atoms with E-state index in [-0.39, 0.29) is 17.9 Å². The molecule has 27 heavy (non-hydrogen) atoms. The van der Waals surface area contributed by atoms with E-state index in [2.05, 4.69) is 19.2 Å². The fourth-order valence-corrected chi connectivity index (χ4v) is 3.93. The van der Waals surface area contributed by atoms with Crippen molar-refractivity contribution in [2.45, 2.75) is 45.6 Å². The van der Waals surface area contributed by atoms with Gasteiger partial charge >= 0.3 is 0 Å². The summed E-state index contributed by atoms with van der Waals surface area (Å²) in [6, 6.07) is 6.95. The number of hydrogen-bond acceptors (Lipinski definition) is 3. The van der Waals surface area contributed by atoms with Gasteiger partial charge in [-0.3, -0.25) is 9.59 Å². The maximum atomic E-state index is 12.7. The lowest BCUT2D eigenvalue weighted by atomic mass is 9.99. The quantitative estimate of drug-likeness (QED) is 0.628. The Bertz CT molecular complexity index is 639. The molecule has 2 fully saturated rings. The van der Waals surface area contributed by atoms with Crippen LogP contribution in [0.5, 0.6) is 5.75 Å². The lowest BCUT2D eigenvalue weighted by Crippen LogP contribution is -3.16. The summed E-state index contributed by atoms with van der Waals surface area (Å²) in [6.45, 7) is 9.45. The third-order valence-electron chi connectivity index (χ3n) is 5.68. The SMILES string of the molecule is CCCOc1ccc(N2C(=O)C[C@@H]([NH2+]CC[NH+]3CCC(C)CC3)C2=O)cc1. The van der Waals surface area contributed by atoms with Crippen LogP contribution in [0.3, 0.4) is 0 Å². The predicted octanol–water partition coefficient (Wildman–Crippen LogP) is -0.0145. The lowest BCUT2D eigenvalue weighted by molar-refractivity contribution is -0.918. The Labute approximate surface area is 161 Å². The van der Waals surface area contributed by atoms with Gasteiger partial charge < -0.3 is 15.0 Å². The van der Waals surface area contributed by atoms with Gasteiger partial charge in [0.25, 0.3) is 5.91 Å². The van der Waals surface area contributed by atoms with Crippen LogP contribution in [-0.2, 0) is 9.59 Å². The minimum absolute atomic E-state index is 0.0931. The number of carbonyl (C=O) groups is 2. The zero-order chi connectivity index (χ0) is 19.2. The van der Waals surface area contributed by atoms with Gasteiger partial charge in [0.05, 0.1) is 31.8 Å². The van der Waals surface area contributed by atoms with Crippen LogP contribution in [0.2, 0.25) is 0 Å². The topological polar surface area (TPSA) is 67.7 Å². The number of benzene rings is 1. The fraction of sp³-hybridized carbons (Fsp3) is 0.619. The van der Waals surface area contributed by atoms with Gasteiger partial charge in [-0.05, 0) is 49.4 Å². The predicted molar refractivity (Wildman–Crippen MR) is 104 cm³/mol. The van der Waals surface area contributed by atoms with Crippen molar-refractivity contribution in [1.29, 1.82) is 0 Å². The molecule has 2 heterocycles. The standard InChI is InChI=1S/C21H31N3O3/c1-3-14-27-18-6-4-17(5-7-18)24-20(25)15-19(21(24)26)22-10-13-23-11-8-16(2)9-12-23/h4-7,16,19,22H,3,8-15H2,1-2H3/p+2/t19-/m1/s1. The van der Waals surface area contributed by atoms with E-state index < -0.39 is 0 Å². The molecule has 3 N–H and O–H groups in total. The summed E-state index contributed by atoms with van der Waals surface area (Å²) in [6.07, 6.45) is 3.82. The molecular formula is C21H33N3O3+2. The number of imide groups is 1. The first-order valence-corrected chi connectivity index (χ1v) is 10.3. The number of nitrogens with two attached hydrogens (primary N) is 1. The third-order valence-corrected chi connectivity index (χ3v) is 5.68. The van der Waals surface area contributed by atoms with Gasteiger partial charge in [-0.15, -0.1) is 0 Å². The van der Waals surface area contributed by atoms with E-state index in [0.29, 0.717) is 18.7 Å². The van der Waals surface area contributed by atoms with E-state index in [1.165, 1.54) is 30.8 Å². The first kappa shape index (κ1) is 19.8. The molecule has 2 aliphatic heterocycles. The van der Waals surface area contributed by atoms with Crippen LogP contribution in [0.1, 0.15) is 39.5 Å². The Morgan fingerprint density at radius 3 is 2.56 bits per heavy atom. The molecule has 148 valence electrons. The molecule has 0 saturated carbocycles. The van der Waals surface area contributed by atoms with Gasteiger partial charge in [0.1, 0.15) is 18.8 Å². The van der Waals surface area contributed by atoms with Crippen LogP contribution in [0, 0.1) is 5.92 Å². The van der Waals surface area contributed by atoms with Crippen LogP contribution >= 0.6 is 0 Å². The van der Waals surface area contributed by atoms with Crippen molar-refractivity contribution in [2.24, 2.45) is 5.92 Å². The Kier molecular flexibility index (Phi) is 6.85. The van der Waals surface area contributed by atoms with E-state index in [1.54, 1.807) is 17.0 Å². The third kappa shape index (κ3) is 5.08. The highest BCUT2D eigenvalue weighted by molar-refractivity contribution is 6.21. The molecule has 3 rings (SSSR count). The lowest BCUT2D eigenvalue weighted by Gasteiger charge is -2.26. The summed E-state index contributed by atoms with van der Waals surface area (Å²) < 4.78 is 5.57. The van der Waals surface area contributed by atoms with E-state index in [1.807, 2.05) is 12.1 Å². The molecule has 1 aromatic carbocycles. The summed E-state index contributed by atoms with van der Waals surface area (Å²) in [4.78, 5) is 28.1. The summed E-state index contributed by atoms with van der Waals surface area (Å²) >= 11 is 0. The molecule has 2 amide bonds. The number of nitrogens with zero attached hydrogens (tertiary/aromatic N) is 1. The van der Waals surface area contributed by atoms with E-state index in [9.17, 15) is 9.59 Å². The number of anilines is 1. The highest BCUT2D eigenvalue weighted by Crippen LogP contribution is 2.24. The molecule has 1 aromatic rings. The van der Waals surface area contributed by atoms with Gasteiger partial charge in [-0.25, -0.2) is 4.90 Å². The molecule has 2 aliphatic rings. The van der Waals surface area contributed by atoms with Crippen molar-refractivity contribution in [3.05, 3.63) is 24.3 Å². The Balaban J connectivity index is 1.50. The zero-order valence-corrected chi connectivity index (χ0v) is 16.6. The number of rotatable bonds is 8. The smallest absolute Gasteiger partial charge is 0.292 e. The van der Waals surface area contributed by atoms with Crippen molar-refractivity contribution >= 4 is 17.5 Å².